The van der Waals surface area contributed by atoms with E-state index in [-0.39, 0.29) is 17.9 Å². The monoisotopic (exact) mass is 339 g/mol. The van der Waals surface area contributed by atoms with Crippen LogP contribution in [0.3, 0.4) is 0 Å². The second kappa shape index (κ2) is 6.30. The lowest BCUT2D eigenvalue weighted by Crippen LogP contribution is -2.42. The molecule has 25 heavy (non-hydrogen) atoms. The van der Waals surface area contributed by atoms with Gasteiger partial charge in [-0.15, -0.1) is 0 Å². The van der Waals surface area contributed by atoms with Crippen molar-refractivity contribution in [3.8, 4) is 5.75 Å². The third kappa shape index (κ3) is 2.76. The molecular weight excluding hydrogens is 314 g/mol. The van der Waals surface area contributed by atoms with Crippen LogP contribution in [0, 0.1) is 12.3 Å². The molecule has 4 rings (SSSR count). The van der Waals surface area contributed by atoms with Gasteiger partial charge in [0.05, 0.1) is 18.6 Å². The molecule has 1 aromatic heterocycles. The summed E-state index contributed by atoms with van der Waals surface area (Å²) in [5.41, 5.74) is 2.03. The highest BCUT2D eigenvalue weighted by molar-refractivity contribution is 5.49. The van der Waals surface area contributed by atoms with Crippen molar-refractivity contribution in [1.82, 2.24) is 9.97 Å². The van der Waals surface area contributed by atoms with Crippen LogP contribution in [-0.2, 0) is 6.42 Å². The lowest BCUT2D eigenvalue weighted by atomic mass is 9.74. The van der Waals surface area contributed by atoms with Crippen LogP contribution in [0.15, 0.2) is 30.3 Å². The Morgan fingerprint density at radius 1 is 1.32 bits per heavy atom. The van der Waals surface area contributed by atoms with Gasteiger partial charge in [0, 0.05) is 30.8 Å². The Balaban J connectivity index is 1.69. The first-order valence-corrected chi connectivity index (χ1v) is 9.07. The van der Waals surface area contributed by atoms with E-state index in [0.717, 1.165) is 49.0 Å². The number of hydrogen-bond donors (Lipinski definition) is 1. The van der Waals surface area contributed by atoms with Gasteiger partial charge in [-0.3, -0.25) is 0 Å². The molecule has 0 saturated carbocycles. The summed E-state index contributed by atoms with van der Waals surface area (Å²) in [6.45, 7) is 6.39. The second-order valence-corrected chi connectivity index (χ2v) is 7.29. The number of aromatic nitrogens is 2. The number of hydrogen-bond acceptors (Lipinski definition) is 5. The molecule has 3 heterocycles. The predicted octanol–water partition coefficient (Wildman–Crippen LogP) is 2.71. The number of rotatable bonds is 4. The number of para-hydroxylation sites is 1. The van der Waals surface area contributed by atoms with Crippen molar-refractivity contribution in [1.29, 1.82) is 0 Å². The largest absolute Gasteiger partial charge is 0.493 e. The second-order valence-electron chi connectivity index (χ2n) is 7.29. The summed E-state index contributed by atoms with van der Waals surface area (Å²) in [5.74, 6) is 2.98. The molecule has 0 spiro atoms. The summed E-state index contributed by atoms with van der Waals surface area (Å²) < 4.78 is 5.98. The molecule has 1 saturated heterocycles. The molecule has 1 aromatic carbocycles. The molecule has 1 fully saturated rings. The van der Waals surface area contributed by atoms with Crippen molar-refractivity contribution in [3.63, 3.8) is 0 Å². The SMILES string of the molecule is CCCc1cc(N2CC3c4ccccc4OCC3(CO)C2)nc(C)n1. The van der Waals surface area contributed by atoms with Crippen LogP contribution in [0.1, 0.15) is 36.3 Å². The van der Waals surface area contributed by atoms with Gasteiger partial charge in [0.25, 0.3) is 0 Å². The number of benzene rings is 1. The van der Waals surface area contributed by atoms with Crippen LogP contribution in [0.2, 0.25) is 0 Å². The highest BCUT2D eigenvalue weighted by Gasteiger charge is 2.51. The first-order valence-electron chi connectivity index (χ1n) is 9.07. The molecule has 0 radical (unpaired) electrons. The third-order valence-electron chi connectivity index (χ3n) is 5.48. The molecule has 5 heteroatoms. The van der Waals surface area contributed by atoms with E-state index in [2.05, 4.69) is 33.9 Å². The van der Waals surface area contributed by atoms with Gasteiger partial charge in [-0.2, -0.15) is 0 Å². The average Bonchev–Trinajstić information content (AvgIpc) is 3.02. The fraction of sp³-hybridized carbons (Fsp3) is 0.500. The fourth-order valence-corrected chi connectivity index (χ4v) is 4.20. The molecular formula is C20H25N3O2. The minimum absolute atomic E-state index is 0.119. The molecule has 2 atom stereocenters. The van der Waals surface area contributed by atoms with Gasteiger partial charge < -0.3 is 14.7 Å². The summed E-state index contributed by atoms with van der Waals surface area (Å²) in [6.07, 6.45) is 2.03. The summed E-state index contributed by atoms with van der Waals surface area (Å²) in [6, 6.07) is 10.3. The molecule has 0 aliphatic carbocycles. The van der Waals surface area contributed by atoms with Crippen molar-refractivity contribution < 1.29 is 9.84 Å². The zero-order chi connectivity index (χ0) is 17.4. The van der Waals surface area contributed by atoms with Crippen molar-refractivity contribution in [2.45, 2.75) is 32.6 Å². The zero-order valence-corrected chi connectivity index (χ0v) is 14.9. The number of aliphatic hydroxyl groups is 1. The molecule has 5 nitrogen and oxygen atoms in total. The molecule has 2 unspecified atom stereocenters. The molecule has 2 aliphatic heterocycles. The smallest absolute Gasteiger partial charge is 0.132 e. The van der Waals surface area contributed by atoms with Crippen LogP contribution in [0.25, 0.3) is 0 Å². The lowest BCUT2D eigenvalue weighted by molar-refractivity contribution is 0.0535. The van der Waals surface area contributed by atoms with E-state index in [1.807, 2.05) is 25.1 Å². The van der Waals surface area contributed by atoms with Crippen LogP contribution in [0.4, 0.5) is 5.82 Å². The average molecular weight is 339 g/mol. The number of ether oxygens (including phenoxy) is 1. The van der Waals surface area contributed by atoms with Crippen molar-refractivity contribution >= 4 is 5.82 Å². The van der Waals surface area contributed by atoms with Crippen molar-refractivity contribution in [2.24, 2.45) is 5.41 Å². The molecule has 1 N–H and O–H groups in total. The minimum Gasteiger partial charge on any atom is -0.493 e. The molecule has 0 amide bonds. The Morgan fingerprint density at radius 3 is 2.96 bits per heavy atom. The van der Waals surface area contributed by atoms with E-state index in [1.54, 1.807) is 0 Å². The van der Waals surface area contributed by atoms with Crippen LogP contribution < -0.4 is 9.64 Å². The Morgan fingerprint density at radius 2 is 2.16 bits per heavy atom. The Kier molecular flexibility index (Phi) is 4.12. The molecule has 2 aliphatic rings. The van der Waals surface area contributed by atoms with Crippen LogP contribution in [0.5, 0.6) is 5.75 Å². The molecule has 2 aromatic rings. The highest BCUT2D eigenvalue weighted by atomic mass is 16.5. The van der Waals surface area contributed by atoms with E-state index >= 15 is 0 Å². The Hall–Kier alpha value is -2.14. The van der Waals surface area contributed by atoms with Gasteiger partial charge in [0.15, 0.2) is 0 Å². The highest BCUT2D eigenvalue weighted by Crippen LogP contribution is 2.49. The number of aliphatic hydroxyl groups excluding tert-OH is 1. The summed E-state index contributed by atoms with van der Waals surface area (Å²) >= 11 is 0. The van der Waals surface area contributed by atoms with E-state index in [1.165, 1.54) is 5.56 Å². The van der Waals surface area contributed by atoms with Gasteiger partial charge in [0.2, 0.25) is 0 Å². The normalized spacial score (nSPS) is 24.6. The third-order valence-corrected chi connectivity index (χ3v) is 5.48. The minimum atomic E-state index is -0.266. The van der Waals surface area contributed by atoms with E-state index in [4.69, 9.17) is 4.74 Å². The fourth-order valence-electron chi connectivity index (χ4n) is 4.20. The van der Waals surface area contributed by atoms with Crippen LogP contribution >= 0.6 is 0 Å². The summed E-state index contributed by atoms with van der Waals surface area (Å²) in [5, 5.41) is 10.2. The van der Waals surface area contributed by atoms with Gasteiger partial charge in [0.1, 0.15) is 17.4 Å². The number of fused-ring (bicyclic) bond motifs is 3. The summed E-state index contributed by atoms with van der Waals surface area (Å²) in [4.78, 5) is 11.5. The van der Waals surface area contributed by atoms with Crippen molar-refractivity contribution in [2.75, 3.05) is 31.2 Å². The van der Waals surface area contributed by atoms with Gasteiger partial charge in [-0.25, -0.2) is 9.97 Å². The molecule has 132 valence electrons. The quantitative estimate of drug-likeness (QED) is 0.928. The standard InChI is InChI=1S/C20H25N3O2/c1-3-6-15-9-19(22-14(2)21-15)23-10-17-16-7-4-5-8-18(16)25-13-20(17,11-23)12-24/h4-5,7-9,17,24H,3,6,10-13H2,1-2H3. The lowest BCUT2D eigenvalue weighted by Gasteiger charge is -2.37. The first-order chi connectivity index (χ1) is 12.1. The summed E-state index contributed by atoms with van der Waals surface area (Å²) in [7, 11) is 0. The van der Waals surface area contributed by atoms with E-state index in [0.29, 0.717) is 6.61 Å². The molecule has 0 bridgehead atoms. The maximum absolute atomic E-state index is 10.2. The Labute approximate surface area is 148 Å². The van der Waals surface area contributed by atoms with E-state index in [9.17, 15) is 5.11 Å². The van der Waals surface area contributed by atoms with Gasteiger partial charge >= 0.3 is 0 Å². The predicted molar refractivity (Wildman–Crippen MR) is 97.2 cm³/mol. The van der Waals surface area contributed by atoms with Crippen LogP contribution in [-0.4, -0.2) is 41.4 Å². The number of nitrogens with zero attached hydrogens (tertiary/aromatic N) is 3. The zero-order valence-electron chi connectivity index (χ0n) is 14.9. The first kappa shape index (κ1) is 16.3. The number of aryl methyl sites for hydroxylation is 2. The van der Waals surface area contributed by atoms with E-state index < -0.39 is 0 Å². The Bertz CT molecular complexity index is 779. The van der Waals surface area contributed by atoms with Crippen molar-refractivity contribution in [3.05, 3.63) is 47.4 Å². The topological polar surface area (TPSA) is 58.5 Å². The number of anilines is 1. The van der Waals surface area contributed by atoms with Gasteiger partial charge in [-0.05, 0) is 25.0 Å². The van der Waals surface area contributed by atoms with Gasteiger partial charge in [-0.1, -0.05) is 31.5 Å². The maximum Gasteiger partial charge on any atom is 0.132 e. The maximum atomic E-state index is 10.2.